The summed E-state index contributed by atoms with van der Waals surface area (Å²) in [4.78, 5) is 20.2. The van der Waals surface area contributed by atoms with E-state index in [0.29, 0.717) is 29.0 Å². The van der Waals surface area contributed by atoms with Gasteiger partial charge in [0.15, 0.2) is 6.10 Å². The molecule has 172 valence electrons. The van der Waals surface area contributed by atoms with Gasteiger partial charge < -0.3 is 15.8 Å². The number of primary amides is 1. The van der Waals surface area contributed by atoms with Crippen molar-refractivity contribution < 1.29 is 13.9 Å². The van der Waals surface area contributed by atoms with Crippen LogP contribution < -0.4 is 15.8 Å². The molecule has 0 aliphatic heterocycles. The summed E-state index contributed by atoms with van der Waals surface area (Å²) < 4.78 is 21.2. The highest BCUT2D eigenvalue weighted by molar-refractivity contribution is 5.96. The van der Waals surface area contributed by atoms with Gasteiger partial charge in [0.1, 0.15) is 23.7 Å². The van der Waals surface area contributed by atoms with Crippen LogP contribution in [0.2, 0.25) is 0 Å². The number of fused-ring (bicyclic) bond motifs is 2. The zero-order valence-corrected chi connectivity index (χ0v) is 18.5. The number of carbonyl (C=O) groups excluding carboxylic acids is 1. The molecule has 2 atom stereocenters. The lowest BCUT2D eigenvalue weighted by Crippen LogP contribution is -2.30. The smallest absolute Gasteiger partial charge is 0.258 e. The summed E-state index contributed by atoms with van der Waals surface area (Å²) in [6.45, 7) is 2.20. The van der Waals surface area contributed by atoms with Crippen LogP contribution in [0.25, 0.3) is 21.8 Å². The minimum absolute atomic E-state index is 0.0690. The number of nitrogens with one attached hydrogen (secondary N) is 1. The lowest BCUT2D eigenvalue weighted by Gasteiger charge is -2.16. The molecule has 5 rings (SSSR count). The summed E-state index contributed by atoms with van der Waals surface area (Å²) in [7, 11) is 0. The minimum Gasteiger partial charge on any atom is -0.480 e. The number of hydrogen-bond acceptors (Lipinski definition) is 6. The third-order valence-corrected chi connectivity index (χ3v) is 5.75. The van der Waals surface area contributed by atoms with Gasteiger partial charge >= 0.3 is 0 Å². The second-order valence-corrected chi connectivity index (χ2v) is 8.21. The number of anilines is 2. The van der Waals surface area contributed by atoms with E-state index in [0.717, 1.165) is 23.0 Å². The SMILES string of the molecule is C[C@@H](Oc1cccc2ncnc(Nc3ccc4c(cnn4CC4C=C(F)C=CC4)c3)c12)C(N)=O. The molecule has 0 saturated carbocycles. The van der Waals surface area contributed by atoms with Crippen molar-refractivity contribution in [1.82, 2.24) is 19.7 Å². The standard InChI is InChI=1S/C25H23FN6O2/c1-15(24(27)33)34-22-7-3-6-20-23(22)25(29-14-28-20)31-19-8-9-21-17(11-19)12-30-32(21)13-16-4-2-5-18(26)10-16/h2-3,5-12,14-16H,4,13H2,1H3,(H2,27,33)(H,28,29,31)/t15-,16?/m1/s1. The van der Waals surface area contributed by atoms with E-state index in [-0.39, 0.29) is 11.7 Å². The van der Waals surface area contributed by atoms with E-state index in [1.807, 2.05) is 35.0 Å². The van der Waals surface area contributed by atoms with Crippen LogP contribution in [0.1, 0.15) is 13.3 Å². The normalized spacial score (nSPS) is 16.4. The molecule has 34 heavy (non-hydrogen) atoms. The van der Waals surface area contributed by atoms with Crippen LogP contribution in [0.3, 0.4) is 0 Å². The molecule has 1 unspecified atom stereocenters. The van der Waals surface area contributed by atoms with Crippen LogP contribution >= 0.6 is 0 Å². The van der Waals surface area contributed by atoms with Crippen molar-refractivity contribution in [2.45, 2.75) is 26.0 Å². The Morgan fingerprint density at radius 2 is 2.21 bits per heavy atom. The van der Waals surface area contributed by atoms with Crippen molar-refractivity contribution >= 4 is 39.2 Å². The maximum atomic E-state index is 13.6. The lowest BCUT2D eigenvalue weighted by molar-refractivity contribution is -0.123. The highest BCUT2D eigenvalue weighted by Crippen LogP contribution is 2.33. The number of nitrogens with zero attached hydrogens (tertiary/aromatic N) is 4. The van der Waals surface area contributed by atoms with Crippen molar-refractivity contribution in [3.05, 3.63) is 73.0 Å². The molecule has 2 aromatic carbocycles. The number of allylic oxidation sites excluding steroid dienone is 4. The molecule has 0 radical (unpaired) electrons. The maximum Gasteiger partial charge on any atom is 0.258 e. The summed E-state index contributed by atoms with van der Waals surface area (Å²) in [5.74, 6) is 0.305. The lowest BCUT2D eigenvalue weighted by atomic mass is 10.0. The van der Waals surface area contributed by atoms with Gasteiger partial charge in [0.2, 0.25) is 0 Å². The predicted molar refractivity (Wildman–Crippen MR) is 128 cm³/mol. The fourth-order valence-electron chi connectivity index (χ4n) is 4.02. The zero-order valence-electron chi connectivity index (χ0n) is 18.5. The van der Waals surface area contributed by atoms with Crippen molar-refractivity contribution in [3.8, 4) is 5.75 Å². The largest absolute Gasteiger partial charge is 0.480 e. The first-order chi connectivity index (χ1) is 16.5. The Balaban J connectivity index is 1.43. The molecule has 0 bridgehead atoms. The van der Waals surface area contributed by atoms with Crippen LogP contribution in [0.4, 0.5) is 15.9 Å². The second kappa shape index (κ2) is 8.93. The minimum atomic E-state index is -0.802. The summed E-state index contributed by atoms with van der Waals surface area (Å²) >= 11 is 0. The van der Waals surface area contributed by atoms with Crippen LogP contribution in [0.15, 0.2) is 73.0 Å². The zero-order chi connectivity index (χ0) is 23.7. The third-order valence-electron chi connectivity index (χ3n) is 5.75. The molecule has 2 heterocycles. The number of hydrogen-bond donors (Lipinski definition) is 2. The number of carbonyl (C=O) groups is 1. The van der Waals surface area contributed by atoms with Crippen LogP contribution in [0.5, 0.6) is 5.75 Å². The van der Waals surface area contributed by atoms with Crippen LogP contribution in [0, 0.1) is 5.92 Å². The van der Waals surface area contributed by atoms with Gasteiger partial charge in [-0.05, 0) is 55.8 Å². The highest BCUT2D eigenvalue weighted by Gasteiger charge is 2.17. The first-order valence-corrected chi connectivity index (χ1v) is 10.9. The molecule has 0 fully saturated rings. The number of amides is 1. The van der Waals surface area contributed by atoms with Crippen molar-refractivity contribution in [3.63, 3.8) is 0 Å². The molecule has 1 aliphatic carbocycles. The summed E-state index contributed by atoms with van der Waals surface area (Å²) in [6, 6.07) is 11.3. The van der Waals surface area contributed by atoms with E-state index in [1.165, 1.54) is 12.4 Å². The van der Waals surface area contributed by atoms with Gasteiger partial charge in [-0.2, -0.15) is 5.10 Å². The van der Waals surface area contributed by atoms with Gasteiger partial charge in [-0.1, -0.05) is 12.1 Å². The first-order valence-electron chi connectivity index (χ1n) is 10.9. The Labute approximate surface area is 194 Å². The maximum absolute atomic E-state index is 13.6. The average Bonchev–Trinajstić information content (AvgIpc) is 3.21. The van der Waals surface area contributed by atoms with E-state index in [9.17, 15) is 9.18 Å². The Morgan fingerprint density at radius 3 is 3.03 bits per heavy atom. The number of halogens is 1. The summed E-state index contributed by atoms with van der Waals surface area (Å²) in [6.07, 6.45) is 8.23. The van der Waals surface area contributed by atoms with Gasteiger partial charge in [-0.25, -0.2) is 14.4 Å². The molecule has 8 nitrogen and oxygen atoms in total. The molecular weight excluding hydrogens is 435 g/mol. The number of nitrogens with two attached hydrogens (primary N) is 1. The quantitative estimate of drug-likeness (QED) is 0.425. The summed E-state index contributed by atoms with van der Waals surface area (Å²) in [5.41, 5.74) is 7.80. The number of rotatable bonds is 7. The van der Waals surface area contributed by atoms with E-state index >= 15 is 0 Å². The van der Waals surface area contributed by atoms with E-state index in [4.69, 9.17) is 10.5 Å². The van der Waals surface area contributed by atoms with Gasteiger partial charge in [0.05, 0.1) is 22.6 Å². The first kappa shape index (κ1) is 21.6. The van der Waals surface area contributed by atoms with Crippen molar-refractivity contribution in [2.75, 3.05) is 5.32 Å². The van der Waals surface area contributed by atoms with Gasteiger partial charge in [0.25, 0.3) is 5.91 Å². The van der Waals surface area contributed by atoms with Crippen molar-refractivity contribution in [1.29, 1.82) is 0 Å². The van der Waals surface area contributed by atoms with E-state index in [1.54, 1.807) is 31.3 Å². The molecule has 3 N–H and O–H groups in total. The van der Waals surface area contributed by atoms with Crippen LogP contribution in [-0.2, 0) is 11.3 Å². The van der Waals surface area contributed by atoms with E-state index in [2.05, 4.69) is 20.4 Å². The molecule has 1 aliphatic rings. The van der Waals surface area contributed by atoms with Crippen LogP contribution in [-0.4, -0.2) is 31.8 Å². The van der Waals surface area contributed by atoms with Gasteiger partial charge in [0, 0.05) is 23.5 Å². The van der Waals surface area contributed by atoms with Gasteiger partial charge in [-0.3, -0.25) is 9.48 Å². The molecule has 9 heteroatoms. The molecule has 1 amide bonds. The van der Waals surface area contributed by atoms with Crippen molar-refractivity contribution in [2.24, 2.45) is 11.7 Å². The molecule has 0 saturated heterocycles. The van der Waals surface area contributed by atoms with E-state index < -0.39 is 12.0 Å². The Morgan fingerprint density at radius 1 is 1.32 bits per heavy atom. The highest BCUT2D eigenvalue weighted by atomic mass is 19.1. The Bertz CT molecular complexity index is 1440. The fourth-order valence-corrected chi connectivity index (χ4v) is 4.02. The molecule has 4 aromatic rings. The third kappa shape index (κ3) is 4.32. The monoisotopic (exact) mass is 458 g/mol. The number of aromatic nitrogens is 4. The summed E-state index contributed by atoms with van der Waals surface area (Å²) in [5, 5.41) is 9.41. The topological polar surface area (TPSA) is 108 Å². The Kier molecular flexibility index (Phi) is 5.67. The number of benzene rings is 2. The number of ether oxygens (including phenoxy) is 1. The van der Waals surface area contributed by atoms with Gasteiger partial charge in [-0.15, -0.1) is 0 Å². The Hall–Kier alpha value is -4.27. The molecular formula is C25H23FN6O2. The fraction of sp³-hybridized carbons (Fsp3) is 0.200. The molecule has 2 aromatic heterocycles. The molecule has 0 spiro atoms. The second-order valence-electron chi connectivity index (χ2n) is 8.21. The average molecular weight is 458 g/mol. The predicted octanol–water partition coefficient (Wildman–Crippen LogP) is 4.41.